The number of hydrogen-bond donors (Lipinski definition) is 6. The maximum absolute atomic E-state index is 15.6. The van der Waals surface area contributed by atoms with E-state index in [4.69, 9.17) is 50.7 Å². The number of esters is 2. The van der Waals surface area contributed by atoms with Crippen LogP contribution in [0.4, 0.5) is 136 Å². The van der Waals surface area contributed by atoms with E-state index in [9.17, 15) is 85.0 Å². The molecule has 0 aliphatic rings. The number of ether oxygens (including phenoxy) is 7. The topological polar surface area (TPSA) is 327 Å². The number of alkyl halides is 18. The monoisotopic (exact) mass is 2060 g/mol. The number of rotatable bonds is 29. The Hall–Kier alpha value is -16.6. The summed E-state index contributed by atoms with van der Waals surface area (Å²) in [5.74, 6) is -0.0161. The van der Waals surface area contributed by atoms with Gasteiger partial charge in [0.1, 0.15) is 39.7 Å². The molecule has 1 unspecified atom stereocenters. The van der Waals surface area contributed by atoms with Gasteiger partial charge in [0.15, 0.2) is 11.6 Å². The van der Waals surface area contributed by atoms with E-state index in [1.165, 1.54) is 177 Å². The van der Waals surface area contributed by atoms with E-state index >= 15 is 13.2 Å². The number of anilines is 10. The Morgan fingerprint density at radius 3 is 0.919 bits per heavy atom. The predicted molar refractivity (Wildman–Crippen MR) is 518 cm³/mol. The third kappa shape index (κ3) is 28.5. The third-order valence-electron chi connectivity index (χ3n) is 22.5. The molecule has 2 heterocycles. The van der Waals surface area contributed by atoms with E-state index < -0.39 is 94.3 Å². The summed E-state index contributed by atoms with van der Waals surface area (Å²) in [5, 5.41) is 11.3. The van der Waals surface area contributed by atoms with Gasteiger partial charge < -0.3 is 65.9 Å². The predicted octanol–water partition coefficient (Wildman–Crippen LogP) is 26.0. The van der Waals surface area contributed by atoms with Crippen molar-refractivity contribution in [2.24, 2.45) is 0 Å². The Morgan fingerprint density at radius 1 is 0.351 bits per heavy atom. The fourth-order valence-corrected chi connectivity index (χ4v) is 14.9. The van der Waals surface area contributed by atoms with Crippen LogP contribution in [-0.4, -0.2) is 103 Å². The zero-order chi connectivity index (χ0) is 109. The zero-order valence-corrected chi connectivity index (χ0v) is 80.2. The number of methoxy groups -OCH3 is 3. The van der Waals surface area contributed by atoms with E-state index in [1.807, 2.05) is 0 Å². The maximum atomic E-state index is 15.6. The molecule has 0 aliphatic heterocycles. The van der Waals surface area contributed by atoms with Crippen molar-refractivity contribution < 1.29 is 136 Å². The number of benzene rings is 12. The van der Waals surface area contributed by atoms with Gasteiger partial charge in [-0.25, -0.2) is 9.59 Å². The van der Waals surface area contributed by atoms with Gasteiger partial charge in [-0.2, -0.15) is 89.0 Å². The van der Waals surface area contributed by atoms with E-state index in [-0.39, 0.29) is 144 Å². The quantitative estimate of drug-likeness (QED) is 0.00834. The van der Waals surface area contributed by atoms with E-state index in [1.54, 1.807) is 62.4 Å². The van der Waals surface area contributed by atoms with E-state index in [0.29, 0.717) is 77.1 Å². The van der Waals surface area contributed by atoms with Crippen molar-refractivity contribution in [3.63, 3.8) is 0 Å². The Labute approximate surface area is 837 Å². The second-order valence-corrected chi connectivity index (χ2v) is 33.4. The van der Waals surface area contributed by atoms with Gasteiger partial charge >= 0.3 is 99.8 Å². The summed E-state index contributed by atoms with van der Waals surface area (Å²) >= 11 is 0. The van der Waals surface area contributed by atoms with Crippen LogP contribution in [0.25, 0.3) is 0 Å². The number of nitrogens with one attached hydrogen (secondary N) is 4. The first-order chi connectivity index (χ1) is 69.9. The van der Waals surface area contributed by atoms with Gasteiger partial charge in [0.2, 0.25) is 0 Å². The molecule has 24 nitrogen and oxygen atoms in total. The van der Waals surface area contributed by atoms with Gasteiger partial charge in [0.25, 0.3) is 0 Å². The molecular formula is C104H89B2F18N12O12. The molecule has 1 atom stereocenters. The molecular weight excluding hydrogens is 1970 g/mol. The minimum atomic E-state index is -4.94. The fraction of sp³-hybridized carbons (Fsp3) is 0.212. The van der Waals surface area contributed by atoms with E-state index in [2.05, 4.69) is 51.2 Å². The Bertz CT molecular complexity index is 7080. The molecule has 12 aromatic carbocycles. The van der Waals surface area contributed by atoms with Crippen LogP contribution in [0.2, 0.25) is 0 Å². The number of aromatic nitrogens is 6. The average Bonchev–Trinajstić information content (AvgIpc) is 0.745. The Balaban J connectivity index is 0.000000216. The van der Waals surface area contributed by atoms with Crippen LogP contribution in [0, 0.1) is 34.6 Å². The Morgan fingerprint density at radius 2 is 0.622 bits per heavy atom. The molecule has 0 spiro atoms. The van der Waals surface area contributed by atoms with Crippen molar-refractivity contribution >= 4 is 95.1 Å². The number of nitrogens with two attached hydrogens (primary N) is 2. The number of Topliss-reactive ketones (excluding diaryl/α,β-unsaturated/α-hetero) is 2. The van der Waals surface area contributed by atoms with Gasteiger partial charge in [-0.05, 0) is 324 Å². The molecule has 8 N–H and O–H groups in total. The first kappa shape index (κ1) is 110. The van der Waals surface area contributed by atoms with Crippen molar-refractivity contribution in [3.05, 3.63) is 349 Å². The first-order valence-electron chi connectivity index (χ1n) is 44.5. The normalized spacial score (nSPS) is 12.1. The SMILES string of the molecule is CCc1cc(C(C)(c2ccc(Nc3cc(C)cc(C(F)(F)F)c3)c(CC(=O)c3ccc(Oc4ccc(C(C)=O)cc4)cc3)c2)C(F)(F)F)ccc1Nc1cc(C)cc(C(F)(F)F)c1.COc1nc(C)nc(OC(=O)c2ccc(Oc3ccc(C(=O)Oc4nc(OC)nc(OC)n4)cc3)cc2)n1.Cc1cc(Nc2ccc(C(C)(c3ccc(Nc4cc(C)cc(C(F)(F)F)c4)c(N)c3)C(F)(F)F)cc2N)cc(C(F)(F)F)c1.[3H][B]B=O. The molecule has 2 aromatic heterocycles. The number of nitrogen functional groups attached to an aromatic ring is 2. The second-order valence-electron chi connectivity index (χ2n) is 33.4. The summed E-state index contributed by atoms with van der Waals surface area (Å²) in [6, 6.07) is 51.9. The van der Waals surface area contributed by atoms with Crippen LogP contribution in [0.15, 0.2) is 243 Å². The van der Waals surface area contributed by atoms with Gasteiger partial charge in [0.05, 0.1) is 77.5 Å². The number of halogens is 18. The summed E-state index contributed by atoms with van der Waals surface area (Å²) in [5.41, 5.74) is 5.32. The van der Waals surface area contributed by atoms with Gasteiger partial charge in [-0.15, -0.1) is 19.9 Å². The van der Waals surface area contributed by atoms with Crippen molar-refractivity contribution in [2.45, 2.75) is 123 Å². The van der Waals surface area contributed by atoms with Crippen molar-refractivity contribution in [1.29, 1.82) is 1.34 Å². The number of carbonyl (C=O) groups excluding carboxylic acids is 4. The summed E-state index contributed by atoms with van der Waals surface area (Å²) in [4.78, 5) is 73.7. The molecule has 0 bridgehead atoms. The van der Waals surface area contributed by atoms with Gasteiger partial charge in [-0.1, -0.05) is 43.3 Å². The number of nitrogens with zero attached hydrogens (tertiary/aromatic N) is 6. The molecule has 14 rings (SSSR count). The molecule has 14 aromatic rings. The Kier molecular flexibility index (Phi) is 34.4. The van der Waals surface area contributed by atoms with Crippen LogP contribution in [0.5, 0.6) is 53.1 Å². The molecule has 0 fully saturated rings. The zero-order valence-electron chi connectivity index (χ0n) is 81.2. The number of ketones is 2. The number of aryl methyl sites for hydroxylation is 6. The second kappa shape index (κ2) is 46.2. The molecule has 0 saturated heterocycles. The number of hydrogen-bond acceptors (Lipinski definition) is 24. The van der Waals surface area contributed by atoms with Crippen LogP contribution < -0.4 is 65.9 Å². The summed E-state index contributed by atoms with van der Waals surface area (Å²) in [6.07, 6.45) is -28.6. The molecule has 0 saturated carbocycles. The molecule has 769 valence electrons. The molecule has 44 heteroatoms. The first-order valence-corrected chi connectivity index (χ1v) is 44.0. The standard InChI is InChI=1S/C49H41F9N2O3.C31H27F9N4.C24H20N6O8.B2HO/c1-6-31-23-35(11-17-43(31)59-39-21-28(2)19-37(26-39)47(50,51)52)46(5,49(56,57)58)36-12-18-44(60-40-22-29(3)20-38(27-40)48(53,54)55)34(24-36)25-45(62)33-9-15-42(16-10-33)63-41-13-7-32(8-14-41)30(4)61;1-16-8-20(29(32,33)34)12-22(10-16)43-26-6-4-18(14-24(26)41)28(3,31(38,39)40)19-5-7-27(25(42)15-19)44-23-11-17(2)9-21(13-23)30(35,36)37;1-13-25-20(33-2)28-23(26-13)37-18(31)14-5-9-16(10-6-14)36-17-11-7-15(8-12-17)19(32)38-24-29-21(34-3)27-22(30-24)35-4;1-2-3/h7-24,26-27,59-60H,6,25H2,1-5H3;4-15,43-44H,41-42H2,1-3H3;5-12H,1-4H3;1H/i;;;1T. The van der Waals surface area contributed by atoms with Gasteiger partial charge in [0, 0.05) is 51.7 Å². The van der Waals surface area contributed by atoms with Crippen molar-refractivity contribution in [2.75, 3.05) is 54.1 Å². The minimum absolute atomic E-state index is 0.00756. The van der Waals surface area contributed by atoms with Crippen LogP contribution in [-0.2, 0) is 53.1 Å². The molecule has 148 heavy (non-hydrogen) atoms. The molecule has 1 radical (unpaired) electrons. The summed E-state index contributed by atoms with van der Waals surface area (Å²) in [6.45, 7) is 12.5. The van der Waals surface area contributed by atoms with E-state index in [0.717, 1.165) is 86.6 Å². The molecule has 0 amide bonds. The van der Waals surface area contributed by atoms with Crippen LogP contribution in [0.3, 0.4) is 0 Å². The van der Waals surface area contributed by atoms with Crippen LogP contribution in [0.1, 0.15) is 153 Å². The van der Waals surface area contributed by atoms with Crippen LogP contribution >= 0.6 is 0 Å². The van der Waals surface area contributed by atoms with Crippen molar-refractivity contribution in [1.82, 2.24) is 29.9 Å². The third-order valence-corrected chi connectivity index (χ3v) is 22.5. The summed E-state index contributed by atoms with van der Waals surface area (Å²) < 4.78 is 304. The fourth-order valence-electron chi connectivity index (χ4n) is 14.9. The van der Waals surface area contributed by atoms with Gasteiger partial charge in [-0.3, -0.25) is 9.59 Å². The number of carbonyl (C=O) groups is 4. The molecule has 0 aliphatic carbocycles. The van der Waals surface area contributed by atoms with Crippen molar-refractivity contribution in [3.8, 4) is 53.1 Å². The summed E-state index contributed by atoms with van der Waals surface area (Å²) in [7, 11) is 5.22. The average molecular weight is 2060 g/mol.